The Balaban J connectivity index is 1.83. The van der Waals surface area contributed by atoms with E-state index in [9.17, 15) is 9.59 Å². The lowest BCUT2D eigenvalue weighted by molar-refractivity contribution is -0.119. The van der Waals surface area contributed by atoms with Gasteiger partial charge in [0.05, 0.1) is 18.3 Å². The zero-order valence-corrected chi connectivity index (χ0v) is 15.0. The van der Waals surface area contributed by atoms with Gasteiger partial charge in [0.25, 0.3) is 5.91 Å². The maximum atomic E-state index is 11.7. The number of carbonyl (C=O) groups excluding carboxylic acids is 2. The smallest absolute Gasteiger partial charge is 0.252 e. The summed E-state index contributed by atoms with van der Waals surface area (Å²) < 4.78 is 11.6. The number of hydrogen-bond acceptors (Lipinski definition) is 5. The zero-order chi connectivity index (χ0) is 18.7. The van der Waals surface area contributed by atoms with E-state index in [-0.39, 0.29) is 18.1 Å². The lowest BCUT2D eigenvalue weighted by Gasteiger charge is -2.16. The van der Waals surface area contributed by atoms with Crippen LogP contribution in [0.4, 0.5) is 0 Å². The average Bonchev–Trinajstić information content (AvgIpc) is 2.99. The quantitative estimate of drug-likeness (QED) is 0.790. The fraction of sp³-hybridized carbons (Fsp3) is 0.421. The van der Waals surface area contributed by atoms with E-state index in [1.54, 1.807) is 24.4 Å². The molecule has 0 radical (unpaired) electrons. The number of fused-ring (bicyclic) bond motifs is 1. The first-order valence-electron chi connectivity index (χ1n) is 8.75. The molecule has 2 heterocycles. The molecule has 1 fully saturated rings. The number of primary amides is 1. The van der Waals surface area contributed by atoms with Crippen LogP contribution in [0, 0.1) is 0 Å². The van der Waals surface area contributed by atoms with Gasteiger partial charge in [-0.2, -0.15) is 0 Å². The van der Waals surface area contributed by atoms with Crippen LogP contribution in [0.1, 0.15) is 43.5 Å². The first-order valence-corrected chi connectivity index (χ1v) is 8.75. The Morgan fingerprint density at radius 1 is 1.42 bits per heavy atom. The van der Waals surface area contributed by atoms with Crippen molar-refractivity contribution in [2.45, 2.75) is 45.3 Å². The first kappa shape index (κ1) is 18.0. The second-order valence-electron chi connectivity index (χ2n) is 6.66. The van der Waals surface area contributed by atoms with Gasteiger partial charge in [0, 0.05) is 30.5 Å². The molecule has 3 N–H and O–H groups in total. The molecule has 0 spiro atoms. The molecular formula is C19H23N3O4. The number of ether oxygens (including phenoxy) is 2. The minimum atomic E-state index is -0.543. The van der Waals surface area contributed by atoms with E-state index in [1.807, 2.05) is 13.8 Å². The number of rotatable bonds is 7. The summed E-state index contributed by atoms with van der Waals surface area (Å²) in [6, 6.07) is 5.39. The standard InChI is InChI=1S/C19H23N3O4/c1-11(2)26-16-10-14-12(9-15(16)18(20)24)5-7-21-19(14)25-8-6-13-3-4-17(23)22-13/h5,7,9-11,13H,3-4,6,8H2,1-2H3,(H2,20,24)(H,22,23)/t13-/m0/s1. The highest BCUT2D eigenvalue weighted by Gasteiger charge is 2.21. The van der Waals surface area contributed by atoms with E-state index in [1.165, 1.54) is 0 Å². The van der Waals surface area contributed by atoms with Crippen molar-refractivity contribution < 1.29 is 19.1 Å². The number of nitrogens with one attached hydrogen (secondary N) is 1. The first-order chi connectivity index (χ1) is 12.4. The number of nitrogens with zero attached hydrogens (tertiary/aromatic N) is 1. The third-order valence-electron chi connectivity index (χ3n) is 4.25. The van der Waals surface area contributed by atoms with Crippen LogP contribution in [-0.4, -0.2) is 35.6 Å². The van der Waals surface area contributed by atoms with E-state index in [0.29, 0.717) is 30.2 Å². The third-order valence-corrected chi connectivity index (χ3v) is 4.25. The maximum Gasteiger partial charge on any atom is 0.252 e. The number of amides is 2. The van der Waals surface area contributed by atoms with Gasteiger partial charge in [-0.15, -0.1) is 0 Å². The molecule has 1 aromatic heterocycles. The molecule has 2 aromatic rings. The topological polar surface area (TPSA) is 104 Å². The number of benzene rings is 1. The Kier molecular flexibility index (Phi) is 5.25. The third kappa shape index (κ3) is 4.04. The summed E-state index contributed by atoms with van der Waals surface area (Å²) in [7, 11) is 0. The summed E-state index contributed by atoms with van der Waals surface area (Å²) in [5, 5.41) is 4.47. The van der Waals surface area contributed by atoms with Crippen LogP contribution in [0.15, 0.2) is 24.4 Å². The highest BCUT2D eigenvalue weighted by Crippen LogP contribution is 2.31. The molecule has 1 aliphatic rings. The van der Waals surface area contributed by atoms with Crippen LogP contribution >= 0.6 is 0 Å². The van der Waals surface area contributed by atoms with Gasteiger partial charge in [0.1, 0.15) is 5.75 Å². The zero-order valence-electron chi connectivity index (χ0n) is 15.0. The highest BCUT2D eigenvalue weighted by atomic mass is 16.5. The summed E-state index contributed by atoms with van der Waals surface area (Å²) in [5.74, 6) is 0.434. The Morgan fingerprint density at radius 2 is 2.23 bits per heavy atom. The molecule has 7 nitrogen and oxygen atoms in total. The van der Waals surface area contributed by atoms with Crippen molar-refractivity contribution in [3.05, 3.63) is 30.0 Å². The number of aromatic nitrogens is 1. The summed E-state index contributed by atoms with van der Waals surface area (Å²) >= 11 is 0. The molecule has 0 aliphatic carbocycles. The van der Waals surface area contributed by atoms with Crippen LogP contribution in [-0.2, 0) is 4.79 Å². The molecule has 1 aromatic carbocycles. The van der Waals surface area contributed by atoms with E-state index in [0.717, 1.165) is 23.6 Å². The van der Waals surface area contributed by atoms with Gasteiger partial charge in [-0.25, -0.2) is 4.98 Å². The summed E-state index contributed by atoms with van der Waals surface area (Å²) in [4.78, 5) is 27.3. The van der Waals surface area contributed by atoms with Crippen molar-refractivity contribution in [1.29, 1.82) is 0 Å². The van der Waals surface area contributed by atoms with Crippen LogP contribution in [0.25, 0.3) is 10.8 Å². The van der Waals surface area contributed by atoms with Crippen molar-refractivity contribution in [1.82, 2.24) is 10.3 Å². The van der Waals surface area contributed by atoms with Gasteiger partial charge in [0.15, 0.2) is 0 Å². The van der Waals surface area contributed by atoms with Crippen molar-refractivity contribution in [3.63, 3.8) is 0 Å². The molecule has 0 unspecified atom stereocenters. The molecular weight excluding hydrogens is 334 g/mol. The molecule has 1 saturated heterocycles. The molecule has 3 rings (SSSR count). The van der Waals surface area contributed by atoms with Crippen LogP contribution in [0.2, 0.25) is 0 Å². The fourth-order valence-electron chi connectivity index (χ4n) is 3.03. The Bertz CT molecular complexity index is 835. The number of pyridine rings is 1. The molecule has 0 saturated carbocycles. The Morgan fingerprint density at radius 3 is 2.88 bits per heavy atom. The fourth-order valence-corrected chi connectivity index (χ4v) is 3.03. The largest absolute Gasteiger partial charge is 0.490 e. The number of carbonyl (C=O) groups is 2. The number of hydrogen-bond donors (Lipinski definition) is 2. The predicted octanol–water partition coefficient (Wildman–Crippen LogP) is 2.17. The van der Waals surface area contributed by atoms with Crippen molar-refractivity contribution >= 4 is 22.6 Å². The van der Waals surface area contributed by atoms with Crippen molar-refractivity contribution in [2.75, 3.05) is 6.61 Å². The summed E-state index contributed by atoms with van der Waals surface area (Å²) in [6.45, 7) is 4.20. The lowest BCUT2D eigenvalue weighted by atomic mass is 10.1. The minimum Gasteiger partial charge on any atom is -0.490 e. The Labute approximate surface area is 151 Å². The molecule has 7 heteroatoms. The summed E-state index contributed by atoms with van der Waals surface area (Å²) in [6.07, 6.45) is 3.65. The van der Waals surface area contributed by atoms with Gasteiger partial charge < -0.3 is 20.5 Å². The van der Waals surface area contributed by atoms with Crippen LogP contribution < -0.4 is 20.5 Å². The summed E-state index contributed by atoms with van der Waals surface area (Å²) in [5.41, 5.74) is 5.81. The maximum absolute atomic E-state index is 11.7. The van der Waals surface area contributed by atoms with E-state index < -0.39 is 5.91 Å². The van der Waals surface area contributed by atoms with E-state index in [2.05, 4.69) is 10.3 Å². The minimum absolute atomic E-state index is 0.0905. The molecule has 0 bridgehead atoms. The molecule has 1 aliphatic heterocycles. The lowest BCUT2D eigenvalue weighted by Crippen LogP contribution is -2.26. The highest BCUT2D eigenvalue weighted by molar-refractivity contribution is 6.01. The van der Waals surface area contributed by atoms with Gasteiger partial charge in [-0.1, -0.05) is 0 Å². The second-order valence-corrected chi connectivity index (χ2v) is 6.66. The average molecular weight is 357 g/mol. The molecule has 26 heavy (non-hydrogen) atoms. The van der Waals surface area contributed by atoms with Gasteiger partial charge >= 0.3 is 0 Å². The van der Waals surface area contributed by atoms with Crippen LogP contribution in [0.3, 0.4) is 0 Å². The van der Waals surface area contributed by atoms with Gasteiger partial charge in [-0.3, -0.25) is 9.59 Å². The monoisotopic (exact) mass is 357 g/mol. The van der Waals surface area contributed by atoms with E-state index >= 15 is 0 Å². The van der Waals surface area contributed by atoms with E-state index in [4.69, 9.17) is 15.2 Å². The predicted molar refractivity (Wildman–Crippen MR) is 97.3 cm³/mol. The van der Waals surface area contributed by atoms with Gasteiger partial charge in [0.2, 0.25) is 11.8 Å². The second kappa shape index (κ2) is 7.59. The van der Waals surface area contributed by atoms with Crippen molar-refractivity contribution in [2.24, 2.45) is 5.73 Å². The molecule has 138 valence electrons. The molecule has 1 atom stereocenters. The number of nitrogens with two attached hydrogens (primary N) is 1. The van der Waals surface area contributed by atoms with Gasteiger partial charge in [-0.05, 0) is 43.9 Å². The van der Waals surface area contributed by atoms with Crippen LogP contribution in [0.5, 0.6) is 11.6 Å². The molecule has 2 amide bonds. The van der Waals surface area contributed by atoms with Crippen molar-refractivity contribution in [3.8, 4) is 11.6 Å². The normalized spacial score (nSPS) is 16.7. The SMILES string of the molecule is CC(C)Oc1cc2c(OCC[C@@H]3CCC(=O)N3)nccc2cc1C(N)=O. The Hall–Kier alpha value is -2.83.